The van der Waals surface area contributed by atoms with Crippen LogP contribution in [0.1, 0.15) is 84.0 Å². The zero-order valence-electron chi connectivity index (χ0n) is 14.8. The lowest BCUT2D eigenvalue weighted by Gasteiger charge is -2.13. The number of carbonyl (C=O) groups is 1. The lowest BCUT2D eigenvalue weighted by atomic mass is 9.95. The Balaban J connectivity index is 3.50. The summed E-state index contributed by atoms with van der Waals surface area (Å²) < 4.78 is 4.91. The fourth-order valence-electron chi connectivity index (χ4n) is 2.73. The van der Waals surface area contributed by atoms with Crippen molar-refractivity contribution in [1.29, 1.82) is 0 Å². The normalized spacial score (nSPS) is 12.5. The van der Waals surface area contributed by atoms with Gasteiger partial charge in [0, 0.05) is 0 Å². The fraction of sp³-hybridized carbons (Fsp3) is 0.750. The van der Waals surface area contributed by atoms with Crippen molar-refractivity contribution in [2.45, 2.75) is 84.0 Å². The number of rotatable bonds is 15. The Morgan fingerprint density at radius 1 is 1.00 bits per heavy atom. The van der Waals surface area contributed by atoms with Gasteiger partial charge in [0.05, 0.1) is 13.0 Å². The molecule has 0 fully saturated rings. The van der Waals surface area contributed by atoms with E-state index in [0.717, 1.165) is 32.1 Å². The molecule has 0 spiro atoms. The van der Waals surface area contributed by atoms with Gasteiger partial charge >= 0.3 is 5.97 Å². The maximum absolute atomic E-state index is 11.7. The molecule has 0 aliphatic rings. The number of allylic oxidation sites excluding steroid dienone is 3. The van der Waals surface area contributed by atoms with Crippen LogP contribution in [0.4, 0.5) is 0 Å². The van der Waals surface area contributed by atoms with E-state index in [0.29, 0.717) is 0 Å². The lowest BCUT2D eigenvalue weighted by Crippen LogP contribution is -2.16. The highest BCUT2D eigenvalue weighted by molar-refractivity contribution is 5.72. The van der Waals surface area contributed by atoms with E-state index in [-0.39, 0.29) is 11.9 Å². The molecule has 0 saturated carbocycles. The van der Waals surface area contributed by atoms with Gasteiger partial charge < -0.3 is 4.74 Å². The van der Waals surface area contributed by atoms with Crippen molar-refractivity contribution < 1.29 is 9.53 Å². The van der Waals surface area contributed by atoms with Crippen LogP contribution < -0.4 is 0 Å². The second-order valence-corrected chi connectivity index (χ2v) is 6.08. The second-order valence-electron chi connectivity index (χ2n) is 6.08. The highest BCUT2D eigenvalue weighted by Crippen LogP contribution is 2.19. The third kappa shape index (κ3) is 12.7. The Bertz CT molecular complexity index is 294. The first kappa shape index (κ1) is 20.9. The van der Waals surface area contributed by atoms with E-state index >= 15 is 0 Å². The van der Waals surface area contributed by atoms with Crippen molar-refractivity contribution in [2.24, 2.45) is 5.92 Å². The summed E-state index contributed by atoms with van der Waals surface area (Å²) in [5.41, 5.74) is 0. The van der Waals surface area contributed by atoms with Gasteiger partial charge in [0.1, 0.15) is 0 Å². The zero-order chi connectivity index (χ0) is 16.5. The monoisotopic (exact) mass is 308 g/mol. The van der Waals surface area contributed by atoms with E-state index in [1.165, 1.54) is 52.1 Å². The predicted molar refractivity (Wildman–Crippen MR) is 95.9 cm³/mol. The minimum Gasteiger partial charge on any atom is -0.469 e. The molecule has 2 nitrogen and oxygen atoms in total. The molecule has 0 saturated heterocycles. The maximum atomic E-state index is 11.7. The summed E-state index contributed by atoms with van der Waals surface area (Å²) in [6.07, 6.45) is 20.4. The van der Waals surface area contributed by atoms with Crippen LogP contribution in [0, 0.1) is 5.92 Å². The molecule has 2 heteroatoms. The van der Waals surface area contributed by atoms with Gasteiger partial charge in [0.25, 0.3) is 0 Å². The summed E-state index contributed by atoms with van der Waals surface area (Å²) in [6, 6.07) is 0. The van der Waals surface area contributed by atoms with Crippen LogP contribution in [0.15, 0.2) is 24.8 Å². The van der Waals surface area contributed by atoms with Gasteiger partial charge in [0.2, 0.25) is 0 Å². The first-order chi connectivity index (χ1) is 10.8. The van der Waals surface area contributed by atoms with Crippen molar-refractivity contribution >= 4 is 5.97 Å². The van der Waals surface area contributed by atoms with Gasteiger partial charge in [-0.15, -0.1) is 0 Å². The third-order valence-electron chi connectivity index (χ3n) is 4.14. The summed E-state index contributed by atoms with van der Waals surface area (Å²) in [5.74, 6) is 0.114. The number of methoxy groups -OCH3 is 1. The Labute approximate surface area is 138 Å². The van der Waals surface area contributed by atoms with Crippen molar-refractivity contribution in [2.75, 3.05) is 7.11 Å². The summed E-state index contributed by atoms with van der Waals surface area (Å²) in [5, 5.41) is 0. The predicted octanol–water partition coefficient (Wildman–Crippen LogP) is 6.22. The molecule has 0 aliphatic heterocycles. The molecule has 22 heavy (non-hydrogen) atoms. The molecule has 0 aromatic heterocycles. The second kappa shape index (κ2) is 16.3. The maximum Gasteiger partial charge on any atom is 0.308 e. The number of hydrogen-bond donors (Lipinski definition) is 0. The highest BCUT2D eigenvalue weighted by atomic mass is 16.5. The molecular weight excluding hydrogens is 272 g/mol. The van der Waals surface area contributed by atoms with Gasteiger partial charge in [-0.25, -0.2) is 0 Å². The van der Waals surface area contributed by atoms with Crippen LogP contribution in [-0.4, -0.2) is 13.1 Å². The standard InChI is InChI=1S/C20H36O2/c1-4-6-8-9-10-11-12-13-14-15-16-18-19(17-7-5-2)20(21)22-3/h4,6,8,19H,1,5,7,9-18H2,2-3H3. The summed E-state index contributed by atoms with van der Waals surface area (Å²) in [6.45, 7) is 5.83. The lowest BCUT2D eigenvalue weighted by molar-refractivity contribution is -0.146. The molecule has 0 rings (SSSR count). The van der Waals surface area contributed by atoms with Gasteiger partial charge in [-0.05, 0) is 25.7 Å². The van der Waals surface area contributed by atoms with Crippen molar-refractivity contribution in [1.82, 2.24) is 0 Å². The molecule has 0 N–H and O–H groups in total. The molecule has 0 heterocycles. The van der Waals surface area contributed by atoms with Crippen LogP contribution >= 0.6 is 0 Å². The van der Waals surface area contributed by atoms with Gasteiger partial charge in [0.15, 0.2) is 0 Å². The van der Waals surface area contributed by atoms with Gasteiger partial charge in [-0.1, -0.05) is 83.1 Å². The quantitative estimate of drug-likeness (QED) is 0.204. The molecule has 0 aliphatic carbocycles. The van der Waals surface area contributed by atoms with E-state index in [1.54, 1.807) is 0 Å². The van der Waals surface area contributed by atoms with Crippen molar-refractivity contribution in [3.8, 4) is 0 Å². The summed E-state index contributed by atoms with van der Waals surface area (Å²) in [4.78, 5) is 11.7. The molecule has 0 bridgehead atoms. The third-order valence-corrected chi connectivity index (χ3v) is 4.14. The Kier molecular flexibility index (Phi) is 15.5. The number of hydrogen-bond acceptors (Lipinski definition) is 2. The molecule has 1 atom stereocenters. The SMILES string of the molecule is C=CC=CCCCCCCCCCC(CCCC)C(=O)OC. The first-order valence-electron chi connectivity index (χ1n) is 9.11. The van der Waals surface area contributed by atoms with E-state index in [9.17, 15) is 4.79 Å². The van der Waals surface area contributed by atoms with E-state index < -0.39 is 0 Å². The highest BCUT2D eigenvalue weighted by Gasteiger charge is 2.17. The van der Waals surface area contributed by atoms with E-state index in [1.807, 2.05) is 12.2 Å². The van der Waals surface area contributed by atoms with Crippen molar-refractivity contribution in [3.63, 3.8) is 0 Å². The Morgan fingerprint density at radius 3 is 2.18 bits per heavy atom. The minimum absolute atomic E-state index is 0.0129. The number of unbranched alkanes of at least 4 members (excludes halogenated alkanes) is 8. The average molecular weight is 309 g/mol. The summed E-state index contributed by atoms with van der Waals surface area (Å²) >= 11 is 0. The Hall–Kier alpha value is -1.05. The molecule has 0 amide bonds. The molecule has 0 radical (unpaired) electrons. The van der Waals surface area contributed by atoms with Crippen LogP contribution in [-0.2, 0) is 9.53 Å². The number of esters is 1. The van der Waals surface area contributed by atoms with E-state index in [2.05, 4.69) is 19.6 Å². The topological polar surface area (TPSA) is 26.3 Å². The average Bonchev–Trinajstić information content (AvgIpc) is 2.54. The molecule has 0 aromatic carbocycles. The number of ether oxygens (including phenoxy) is 1. The minimum atomic E-state index is -0.0129. The van der Waals surface area contributed by atoms with Gasteiger partial charge in [-0.2, -0.15) is 0 Å². The first-order valence-corrected chi connectivity index (χ1v) is 9.11. The largest absolute Gasteiger partial charge is 0.469 e. The molecule has 0 aromatic rings. The van der Waals surface area contributed by atoms with E-state index in [4.69, 9.17) is 4.74 Å². The van der Waals surface area contributed by atoms with Gasteiger partial charge in [-0.3, -0.25) is 4.79 Å². The molecular formula is C20H36O2. The van der Waals surface area contributed by atoms with Crippen LogP contribution in [0.3, 0.4) is 0 Å². The number of carbonyl (C=O) groups excluding carboxylic acids is 1. The zero-order valence-corrected chi connectivity index (χ0v) is 14.8. The van der Waals surface area contributed by atoms with Crippen LogP contribution in [0.2, 0.25) is 0 Å². The smallest absolute Gasteiger partial charge is 0.308 e. The van der Waals surface area contributed by atoms with Crippen LogP contribution in [0.5, 0.6) is 0 Å². The molecule has 1 unspecified atom stereocenters. The summed E-state index contributed by atoms with van der Waals surface area (Å²) in [7, 11) is 1.51. The molecule has 128 valence electrons. The van der Waals surface area contributed by atoms with Crippen molar-refractivity contribution in [3.05, 3.63) is 24.8 Å². The fourth-order valence-corrected chi connectivity index (χ4v) is 2.73. The van der Waals surface area contributed by atoms with Crippen LogP contribution in [0.25, 0.3) is 0 Å². The Morgan fingerprint density at radius 2 is 1.59 bits per heavy atom.